The standard InChI is InChI=1S/C16H18O3S/c1-13-8-10-16(11-9-13)20(17,18)19-14(2)12-15-6-4-3-5-7-15/h3-11,14H,12H2,1-2H3. The first-order valence-electron chi connectivity index (χ1n) is 6.51. The molecule has 2 rings (SSSR count). The van der Waals surface area contributed by atoms with E-state index in [4.69, 9.17) is 4.18 Å². The van der Waals surface area contributed by atoms with Crippen LogP contribution in [0.2, 0.25) is 0 Å². The Bertz CT molecular complexity index is 646. The highest BCUT2D eigenvalue weighted by atomic mass is 32.2. The van der Waals surface area contributed by atoms with Crippen molar-refractivity contribution < 1.29 is 12.6 Å². The summed E-state index contributed by atoms with van der Waals surface area (Å²) in [6.07, 6.45) is 0.162. The van der Waals surface area contributed by atoms with E-state index in [1.165, 1.54) is 0 Å². The largest absolute Gasteiger partial charge is 0.297 e. The number of rotatable bonds is 5. The summed E-state index contributed by atoms with van der Waals surface area (Å²) in [6.45, 7) is 3.67. The molecular weight excluding hydrogens is 272 g/mol. The summed E-state index contributed by atoms with van der Waals surface area (Å²) in [6, 6.07) is 16.4. The van der Waals surface area contributed by atoms with Crippen molar-refractivity contribution in [2.75, 3.05) is 0 Å². The first-order chi connectivity index (χ1) is 9.47. The molecule has 0 aliphatic heterocycles. The van der Waals surface area contributed by atoms with Gasteiger partial charge in [0.15, 0.2) is 0 Å². The van der Waals surface area contributed by atoms with Gasteiger partial charge in [-0.2, -0.15) is 8.42 Å². The molecule has 0 N–H and O–H groups in total. The maximum Gasteiger partial charge on any atom is 0.297 e. The monoisotopic (exact) mass is 290 g/mol. The molecule has 1 unspecified atom stereocenters. The molecule has 0 saturated heterocycles. The first-order valence-corrected chi connectivity index (χ1v) is 7.92. The maximum atomic E-state index is 12.1. The van der Waals surface area contributed by atoms with Crippen molar-refractivity contribution in [1.82, 2.24) is 0 Å². The van der Waals surface area contributed by atoms with Crippen LogP contribution in [0.3, 0.4) is 0 Å². The van der Waals surface area contributed by atoms with Gasteiger partial charge in [0, 0.05) is 0 Å². The van der Waals surface area contributed by atoms with Gasteiger partial charge in [-0.15, -0.1) is 0 Å². The van der Waals surface area contributed by atoms with Crippen LogP contribution in [0.4, 0.5) is 0 Å². The van der Waals surface area contributed by atoms with E-state index in [2.05, 4.69) is 0 Å². The molecule has 2 aromatic carbocycles. The van der Waals surface area contributed by atoms with Gasteiger partial charge in [-0.3, -0.25) is 4.18 Å². The fourth-order valence-electron chi connectivity index (χ4n) is 1.96. The van der Waals surface area contributed by atoms with Crippen molar-refractivity contribution in [3.8, 4) is 0 Å². The van der Waals surface area contributed by atoms with Gasteiger partial charge in [0.2, 0.25) is 0 Å². The van der Waals surface area contributed by atoms with Crippen LogP contribution in [-0.4, -0.2) is 14.5 Å². The third kappa shape index (κ3) is 3.92. The van der Waals surface area contributed by atoms with Crippen molar-refractivity contribution in [2.24, 2.45) is 0 Å². The van der Waals surface area contributed by atoms with E-state index in [1.807, 2.05) is 37.3 Å². The molecule has 0 fully saturated rings. The smallest absolute Gasteiger partial charge is 0.263 e. The molecule has 0 amide bonds. The number of hydrogen-bond acceptors (Lipinski definition) is 3. The summed E-state index contributed by atoms with van der Waals surface area (Å²) in [4.78, 5) is 0.197. The summed E-state index contributed by atoms with van der Waals surface area (Å²) in [5.74, 6) is 0. The molecule has 0 bridgehead atoms. The quantitative estimate of drug-likeness (QED) is 0.793. The SMILES string of the molecule is Cc1ccc(S(=O)(=O)OC(C)Cc2ccccc2)cc1. The molecule has 1 atom stereocenters. The fourth-order valence-corrected chi connectivity index (χ4v) is 3.04. The zero-order chi connectivity index (χ0) is 14.6. The lowest BCUT2D eigenvalue weighted by atomic mass is 10.1. The van der Waals surface area contributed by atoms with Crippen LogP contribution in [0, 0.1) is 6.92 Å². The first kappa shape index (κ1) is 14.8. The lowest BCUT2D eigenvalue weighted by Gasteiger charge is -2.13. The molecule has 0 heterocycles. The Kier molecular flexibility index (Phi) is 4.57. The molecular formula is C16H18O3S. The topological polar surface area (TPSA) is 43.4 Å². The van der Waals surface area contributed by atoms with Crippen LogP contribution in [0.25, 0.3) is 0 Å². The molecule has 0 spiro atoms. The van der Waals surface area contributed by atoms with Gasteiger partial charge >= 0.3 is 0 Å². The Morgan fingerprint density at radius 3 is 2.20 bits per heavy atom. The number of aryl methyl sites for hydroxylation is 1. The van der Waals surface area contributed by atoms with Crippen LogP contribution in [0.1, 0.15) is 18.1 Å². The van der Waals surface area contributed by atoms with Gasteiger partial charge in [0.1, 0.15) is 0 Å². The fraction of sp³-hybridized carbons (Fsp3) is 0.250. The average Bonchev–Trinajstić information content (AvgIpc) is 2.39. The van der Waals surface area contributed by atoms with Gasteiger partial charge in [-0.1, -0.05) is 48.0 Å². The average molecular weight is 290 g/mol. The zero-order valence-corrected chi connectivity index (χ0v) is 12.4. The van der Waals surface area contributed by atoms with Crippen LogP contribution >= 0.6 is 0 Å². The summed E-state index contributed by atoms with van der Waals surface area (Å²) < 4.78 is 29.5. The Balaban J connectivity index is 2.06. The second-order valence-corrected chi connectivity index (χ2v) is 6.44. The summed E-state index contributed by atoms with van der Waals surface area (Å²) in [5.41, 5.74) is 2.07. The van der Waals surface area contributed by atoms with E-state index in [0.717, 1.165) is 11.1 Å². The van der Waals surface area contributed by atoms with E-state index in [9.17, 15) is 8.42 Å². The van der Waals surface area contributed by atoms with Gasteiger partial charge in [-0.25, -0.2) is 0 Å². The van der Waals surface area contributed by atoms with Crippen molar-refractivity contribution in [2.45, 2.75) is 31.3 Å². The Morgan fingerprint density at radius 2 is 1.60 bits per heavy atom. The van der Waals surface area contributed by atoms with Crippen molar-refractivity contribution in [3.63, 3.8) is 0 Å². The molecule has 0 aromatic heterocycles. The van der Waals surface area contributed by atoms with E-state index in [1.54, 1.807) is 31.2 Å². The molecule has 106 valence electrons. The Hall–Kier alpha value is -1.65. The molecule has 0 aliphatic rings. The molecule has 3 nitrogen and oxygen atoms in total. The van der Waals surface area contributed by atoms with Crippen LogP contribution in [0.15, 0.2) is 59.5 Å². The van der Waals surface area contributed by atoms with E-state index >= 15 is 0 Å². The van der Waals surface area contributed by atoms with E-state index in [-0.39, 0.29) is 4.90 Å². The van der Waals surface area contributed by atoms with Crippen LogP contribution < -0.4 is 0 Å². The molecule has 0 aliphatic carbocycles. The Morgan fingerprint density at radius 1 is 1.00 bits per heavy atom. The van der Waals surface area contributed by atoms with Gasteiger partial charge < -0.3 is 0 Å². The highest BCUT2D eigenvalue weighted by molar-refractivity contribution is 7.86. The molecule has 20 heavy (non-hydrogen) atoms. The minimum atomic E-state index is -3.70. The van der Waals surface area contributed by atoms with Gasteiger partial charge in [-0.05, 0) is 38.0 Å². The molecule has 0 radical (unpaired) electrons. The third-order valence-electron chi connectivity index (χ3n) is 2.97. The van der Waals surface area contributed by atoms with E-state index < -0.39 is 16.2 Å². The maximum absolute atomic E-state index is 12.1. The normalized spacial score (nSPS) is 13.1. The highest BCUT2D eigenvalue weighted by Crippen LogP contribution is 2.16. The summed E-state index contributed by atoms with van der Waals surface area (Å²) >= 11 is 0. The number of benzene rings is 2. The predicted molar refractivity (Wildman–Crippen MR) is 79.1 cm³/mol. The van der Waals surface area contributed by atoms with Gasteiger partial charge in [0.05, 0.1) is 11.0 Å². The van der Waals surface area contributed by atoms with Crippen LogP contribution in [0.5, 0.6) is 0 Å². The Labute approximate surface area is 120 Å². The highest BCUT2D eigenvalue weighted by Gasteiger charge is 2.19. The van der Waals surface area contributed by atoms with Gasteiger partial charge in [0.25, 0.3) is 10.1 Å². The molecule has 0 saturated carbocycles. The van der Waals surface area contributed by atoms with Crippen molar-refractivity contribution in [1.29, 1.82) is 0 Å². The number of hydrogen-bond donors (Lipinski definition) is 0. The summed E-state index contributed by atoms with van der Waals surface area (Å²) in [5, 5.41) is 0. The van der Waals surface area contributed by atoms with Crippen molar-refractivity contribution in [3.05, 3.63) is 65.7 Å². The zero-order valence-electron chi connectivity index (χ0n) is 11.6. The second-order valence-electron chi connectivity index (χ2n) is 4.86. The minimum Gasteiger partial charge on any atom is -0.263 e. The molecule has 4 heteroatoms. The lowest BCUT2D eigenvalue weighted by Crippen LogP contribution is -2.17. The minimum absolute atomic E-state index is 0.197. The summed E-state index contributed by atoms with van der Waals surface area (Å²) in [7, 11) is -3.70. The lowest BCUT2D eigenvalue weighted by molar-refractivity contribution is 0.229. The third-order valence-corrected chi connectivity index (χ3v) is 4.40. The predicted octanol–water partition coefficient (Wildman–Crippen LogP) is 3.33. The molecule has 2 aromatic rings. The van der Waals surface area contributed by atoms with Crippen molar-refractivity contribution >= 4 is 10.1 Å². The van der Waals surface area contributed by atoms with E-state index in [0.29, 0.717) is 6.42 Å². The second kappa shape index (κ2) is 6.20. The van der Waals surface area contributed by atoms with Crippen LogP contribution in [-0.2, 0) is 20.7 Å².